The molecule has 0 aliphatic heterocycles. The number of aromatic amines is 1. The van der Waals surface area contributed by atoms with Crippen LogP contribution < -0.4 is 0 Å². The lowest BCUT2D eigenvalue weighted by atomic mass is 10.1. The molecule has 1 N–H and O–H groups in total. The summed E-state index contributed by atoms with van der Waals surface area (Å²) in [6.07, 6.45) is 4.82. The molecule has 0 radical (unpaired) electrons. The van der Waals surface area contributed by atoms with Gasteiger partial charge in [-0.3, -0.25) is 0 Å². The van der Waals surface area contributed by atoms with Gasteiger partial charge in [0.05, 0.1) is 29.3 Å². The maximum Gasteiger partial charge on any atom is 0.337 e. The summed E-state index contributed by atoms with van der Waals surface area (Å²) in [5.41, 5.74) is 4.62. The quantitative estimate of drug-likeness (QED) is 0.442. The van der Waals surface area contributed by atoms with Crippen molar-refractivity contribution >= 4 is 17.0 Å². The van der Waals surface area contributed by atoms with Crippen molar-refractivity contribution in [2.24, 2.45) is 0 Å². The van der Waals surface area contributed by atoms with Crippen molar-refractivity contribution in [1.29, 1.82) is 0 Å². The molecule has 0 aliphatic carbocycles. The number of hydrogen-bond acceptors (Lipinski definition) is 5. The zero-order valence-corrected chi connectivity index (χ0v) is 14.4. The van der Waals surface area contributed by atoms with Gasteiger partial charge >= 0.3 is 5.97 Å². The van der Waals surface area contributed by atoms with Crippen molar-refractivity contribution in [3.05, 3.63) is 77.9 Å². The number of H-pyrrole nitrogens is 1. The van der Waals surface area contributed by atoms with Crippen LogP contribution in [0.15, 0.2) is 61.2 Å². The number of nitrogens with zero attached hydrogens (tertiary/aromatic N) is 3. The second-order valence-electron chi connectivity index (χ2n) is 5.76. The maximum absolute atomic E-state index is 11.7. The molecule has 0 fully saturated rings. The molecule has 4 aromatic rings. The fraction of sp³-hybridized carbons (Fsp3) is 0.0476. The van der Waals surface area contributed by atoms with Gasteiger partial charge in [0.25, 0.3) is 0 Å². The van der Waals surface area contributed by atoms with E-state index in [4.69, 9.17) is 4.74 Å². The number of rotatable bonds is 2. The molecular formula is C21H14N4O2. The highest BCUT2D eigenvalue weighted by Crippen LogP contribution is 2.22. The van der Waals surface area contributed by atoms with E-state index in [1.807, 2.05) is 24.3 Å². The Kier molecular flexibility index (Phi) is 4.33. The monoisotopic (exact) mass is 354 g/mol. The average Bonchev–Trinajstić information content (AvgIpc) is 3.16. The number of esters is 1. The molecular weight excluding hydrogens is 340 g/mol. The van der Waals surface area contributed by atoms with Gasteiger partial charge in [-0.2, -0.15) is 0 Å². The number of imidazole rings is 1. The van der Waals surface area contributed by atoms with Gasteiger partial charge in [-0.25, -0.2) is 19.7 Å². The van der Waals surface area contributed by atoms with Crippen LogP contribution in [0.3, 0.4) is 0 Å². The van der Waals surface area contributed by atoms with Gasteiger partial charge in [-0.05, 0) is 30.3 Å². The lowest BCUT2D eigenvalue weighted by molar-refractivity contribution is 0.0601. The van der Waals surface area contributed by atoms with Crippen molar-refractivity contribution in [2.45, 2.75) is 0 Å². The molecule has 2 heterocycles. The largest absolute Gasteiger partial charge is 0.465 e. The lowest BCUT2D eigenvalue weighted by Gasteiger charge is -1.97. The molecule has 4 rings (SSSR count). The van der Waals surface area contributed by atoms with Crippen LogP contribution in [0.1, 0.15) is 21.5 Å². The minimum atomic E-state index is -0.375. The number of nitrogens with one attached hydrogen (secondary N) is 1. The van der Waals surface area contributed by atoms with E-state index in [2.05, 4.69) is 31.8 Å². The van der Waals surface area contributed by atoms with Crippen molar-refractivity contribution in [1.82, 2.24) is 19.9 Å². The van der Waals surface area contributed by atoms with Gasteiger partial charge in [-0.15, -0.1) is 0 Å². The summed E-state index contributed by atoms with van der Waals surface area (Å²) >= 11 is 0. The van der Waals surface area contributed by atoms with E-state index >= 15 is 0 Å². The Balaban J connectivity index is 1.60. The topological polar surface area (TPSA) is 80.8 Å². The van der Waals surface area contributed by atoms with E-state index in [1.165, 1.54) is 13.4 Å². The molecule has 0 saturated carbocycles. The summed E-state index contributed by atoms with van der Waals surface area (Å²) in [5, 5.41) is 0. The van der Waals surface area contributed by atoms with Crippen LogP contribution in [-0.2, 0) is 4.74 Å². The maximum atomic E-state index is 11.7. The summed E-state index contributed by atoms with van der Waals surface area (Å²) in [7, 11) is 1.36. The highest BCUT2D eigenvalue weighted by molar-refractivity contribution is 5.94. The first-order valence-corrected chi connectivity index (χ1v) is 8.18. The first-order chi connectivity index (χ1) is 13.2. The van der Waals surface area contributed by atoms with Gasteiger partial charge < -0.3 is 9.72 Å². The van der Waals surface area contributed by atoms with Crippen LogP contribution in [0.4, 0.5) is 0 Å². The van der Waals surface area contributed by atoms with Gasteiger partial charge in [0, 0.05) is 23.5 Å². The van der Waals surface area contributed by atoms with Crippen LogP contribution in [0.25, 0.3) is 22.4 Å². The van der Waals surface area contributed by atoms with Gasteiger partial charge in [-0.1, -0.05) is 24.0 Å². The van der Waals surface area contributed by atoms with Gasteiger partial charge in [0.1, 0.15) is 12.2 Å². The molecule has 2 aromatic carbocycles. The fourth-order valence-electron chi connectivity index (χ4n) is 2.61. The molecule has 0 unspecified atom stereocenters. The van der Waals surface area contributed by atoms with E-state index in [0.717, 1.165) is 33.5 Å². The molecule has 0 spiro atoms. The first kappa shape index (κ1) is 16.5. The highest BCUT2D eigenvalue weighted by atomic mass is 16.5. The van der Waals surface area contributed by atoms with Crippen LogP contribution >= 0.6 is 0 Å². The SMILES string of the molecule is COC(=O)c1ccc2nc(-c3ccc(C#Cc4cncnc4)cc3)[nH]c2c1. The van der Waals surface area contributed by atoms with Crippen molar-refractivity contribution in [3.8, 4) is 23.2 Å². The molecule has 0 bridgehead atoms. The Morgan fingerprint density at radius 2 is 1.74 bits per heavy atom. The van der Waals surface area contributed by atoms with Gasteiger partial charge in [0.15, 0.2) is 0 Å². The van der Waals surface area contributed by atoms with Crippen LogP contribution in [0.5, 0.6) is 0 Å². The minimum Gasteiger partial charge on any atom is -0.465 e. The normalized spacial score (nSPS) is 10.3. The molecule has 0 atom stereocenters. The molecule has 27 heavy (non-hydrogen) atoms. The van der Waals surface area contributed by atoms with E-state index in [1.54, 1.807) is 30.6 Å². The predicted octanol–water partition coefficient (Wildman–Crippen LogP) is 3.21. The molecule has 0 amide bonds. The summed E-state index contributed by atoms with van der Waals surface area (Å²) in [6, 6.07) is 13.0. The van der Waals surface area contributed by atoms with E-state index in [0.29, 0.717) is 5.56 Å². The van der Waals surface area contributed by atoms with Crippen molar-refractivity contribution in [3.63, 3.8) is 0 Å². The number of methoxy groups -OCH3 is 1. The van der Waals surface area contributed by atoms with Crippen molar-refractivity contribution < 1.29 is 9.53 Å². The number of benzene rings is 2. The number of hydrogen-bond donors (Lipinski definition) is 1. The number of fused-ring (bicyclic) bond motifs is 1. The Bertz CT molecular complexity index is 1170. The number of aromatic nitrogens is 4. The van der Waals surface area contributed by atoms with Crippen LogP contribution in [-0.4, -0.2) is 33.0 Å². The molecule has 0 saturated heterocycles. The zero-order valence-electron chi connectivity index (χ0n) is 14.4. The molecule has 2 aromatic heterocycles. The molecule has 6 heteroatoms. The molecule has 6 nitrogen and oxygen atoms in total. The fourth-order valence-corrected chi connectivity index (χ4v) is 2.61. The predicted molar refractivity (Wildman–Crippen MR) is 101 cm³/mol. The molecule has 0 aliphatic rings. The summed E-state index contributed by atoms with van der Waals surface area (Å²) in [4.78, 5) is 27.3. The van der Waals surface area contributed by atoms with Crippen LogP contribution in [0.2, 0.25) is 0 Å². The summed E-state index contributed by atoms with van der Waals surface area (Å²) in [5.74, 6) is 6.45. The Morgan fingerprint density at radius 1 is 1.00 bits per heavy atom. The number of ether oxygens (including phenoxy) is 1. The first-order valence-electron chi connectivity index (χ1n) is 8.18. The second-order valence-corrected chi connectivity index (χ2v) is 5.76. The van der Waals surface area contributed by atoms with E-state index in [9.17, 15) is 4.79 Å². The summed E-state index contributed by atoms with van der Waals surface area (Å²) in [6.45, 7) is 0. The second kappa shape index (κ2) is 7.10. The number of carbonyl (C=O) groups excluding carboxylic acids is 1. The van der Waals surface area contributed by atoms with E-state index in [-0.39, 0.29) is 5.97 Å². The van der Waals surface area contributed by atoms with Gasteiger partial charge in [0.2, 0.25) is 0 Å². The minimum absolute atomic E-state index is 0.375. The third-order valence-electron chi connectivity index (χ3n) is 3.97. The lowest BCUT2D eigenvalue weighted by Crippen LogP contribution is -2.00. The number of carbonyl (C=O) groups is 1. The van der Waals surface area contributed by atoms with Crippen LogP contribution in [0, 0.1) is 11.8 Å². The van der Waals surface area contributed by atoms with Crippen molar-refractivity contribution in [2.75, 3.05) is 7.11 Å². The Morgan fingerprint density at radius 3 is 2.48 bits per heavy atom. The van der Waals surface area contributed by atoms with E-state index < -0.39 is 0 Å². The zero-order chi connectivity index (χ0) is 18.6. The standard InChI is InChI=1S/C21H14N4O2/c1-27-21(26)17-8-9-18-19(10-17)25-20(24-18)16-6-4-14(5-7-16)2-3-15-11-22-13-23-12-15/h4-13H,1H3,(H,24,25). The smallest absolute Gasteiger partial charge is 0.337 e. The third-order valence-corrected chi connectivity index (χ3v) is 3.97. The summed E-state index contributed by atoms with van der Waals surface area (Å²) < 4.78 is 4.75. The Hall–Kier alpha value is -3.98. The Labute approximate surface area is 155 Å². The highest BCUT2D eigenvalue weighted by Gasteiger charge is 2.10. The average molecular weight is 354 g/mol. The molecule has 130 valence electrons. The third kappa shape index (κ3) is 3.53.